The molecule has 2 nitrogen and oxygen atoms in total. The van der Waals surface area contributed by atoms with Crippen molar-refractivity contribution in [3.05, 3.63) is 0 Å². The predicted octanol–water partition coefficient (Wildman–Crippen LogP) is 2.35. The molecule has 1 saturated carbocycles. The summed E-state index contributed by atoms with van der Waals surface area (Å²) in [5, 5.41) is 9.84. The molecule has 0 aliphatic heterocycles. The summed E-state index contributed by atoms with van der Waals surface area (Å²) in [5.74, 6) is 0.470. The van der Waals surface area contributed by atoms with Gasteiger partial charge in [0.1, 0.15) is 0 Å². The number of ether oxygens (including phenoxy) is 1. The lowest BCUT2D eigenvalue weighted by Gasteiger charge is -2.22. The van der Waals surface area contributed by atoms with Gasteiger partial charge in [-0.05, 0) is 32.1 Å². The molecule has 0 aromatic rings. The van der Waals surface area contributed by atoms with Crippen molar-refractivity contribution in [1.82, 2.24) is 0 Å². The molecule has 1 N–H and O–H groups in total. The first kappa shape index (κ1) is 11.0. The Bertz CT molecular complexity index is 136. The lowest BCUT2D eigenvalue weighted by atomic mass is 9.92. The highest BCUT2D eigenvalue weighted by Gasteiger charge is 2.23. The zero-order valence-electron chi connectivity index (χ0n) is 8.83. The van der Waals surface area contributed by atoms with E-state index in [1.54, 1.807) is 7.11 Å². The van der Waals surface area contributed by atoms with E-state index in [1.807, 2.05) is 0 Å². The molecule has 0 amide bonds. The van der Waals surface area contributed by atoms with Gasteiger partial charge in [0.05, 0.1) is 12.2 Å². The van der Waals surface area contributed by atoms with Crippen molar-refractivity contribution in [3.8, 4) is 0 Å². The van der Waals surface area contributed by atoms with Gasteiger partial charge in [-0.25, -0.2) is 0 Å². The van der Waals surface area contributed by atoms with Crippen LogP contribution in [-0.2, 0) is 4.74 Å². The minimum atomic E-state index is -0.0832. The normalized spacial score (nSPS) is 32.5. The number of aliphatic hydroxyl groups is 1. The van der Waals surface area contributed by atoms with Crippen molar-refractivity contribution in [2.75, 3.05) is 7.11 Å². The highest BCUT2D eigenvalue weighted by molar-refractivity contribution is 4.74. The van der Waals surface area contributed by atoms with Crippen LogP contribution in [0.2, 0.25) is 0 Å². The summed E-state index contributed by atoms with van der Waals surface area (Å²) in [4.78, 5) is 0. The fourth-order valence-electron chi connectivity index (χ4n) is 2.16. The fourth-order valence-corrected chi connectivity index (χ4v) is 2.16. The first-order valence-corrected chi connectivity index (χ1v) is 5.45. The Labute approximate surface area is 81.3 Å². The molecule has 2 heteroatoms. The van der Waals surface area contributed by atoms with E-state index < -0.39 is 0 Å². The van der Waals surface area contributed by atoms with E-state index in [2.05, 4.69) is 6.92 Å². The molecular weight excluding hydrogens is 164 g/mol. The second-order valence-electron chi connectivity index (χ2n) is 4.25. The van der Waals surface area contributed by atoms with Crippen molar-refractivity contribution >= 4 is 0 Å². The minimum absolute atomic E-state index is 0.0832. The summed E-state index contributed by atoms with van der Waals surface area (Å²) < 4.78 is 5.23. The van der Waals surface area contributed by atoms with E-state index in [0.29, 0.717) is 5.92 Å². The Morgan fingerprint density at radius 2 is 2.00 bits per heavy atom. The maximum atomic E-state index is 9.84. The van der Waals surface area contributed by atoms with Gasteiger partial charge in [-0.2, -0.15) is 0 Å². The van der Waals surface area contributed by atoms with Gasteiger partial charge < -0.3 is 9.84 Å². The zero-order chi connectivity index (χ0) is 9.68. The third kappa shape index (κ3) is 3.65. The molecule has 0 heterocycles. The van der Waals surface area contributed by atoms with Crippen molar-refractivity contribution in [2.24, 2.45) is 5.92 Å². The number of hydrogen-bond acceptors (Lipinski definition) is 2. The number of aliphatic hydroxyl groups excluding tert-OH is 1. The highest BCUT2D eigenvalue weighted by Crippen LogP contribution is 2.27. The molecule has 3 unspecified atom stereocenters. The SMILES string of the molecule is COC(C)CC1CCCCCC1O. The summed E-state index contributed by atoms with van der Waals surface area (Å²) in [6, 6.07) is 0. The van der Waals surface area contributed by atoms with Gasteiger partial charge in [0.2, 0.25) is 0 Å². The molecule has 0 aromatic heterocycles. The quantitative estimate of drug-likeness (QED) is 0.686. The van der Waals surface area contributed by atoms with Gasteiger partial charge in [0, 0.05) is 7.11 Å². The van der Waals surface area contributed by atoms with E-state index in [0.717, 1.165) is 12.8 Å². The Balaban J connectivity index is 2.35. The van der Waals surface area contributed by atoms with Crippen molar-refractivity contribution in [1.29, 1.82) is 0 Å². The summed E-state index contributed by atoms with van der Waals surface area (Å²) in [6.45, 7) is 2.08. The monoisotopic (exact) mass is 186 g/mol. The first-order chi connectivity index (χ1) is 6.24. The van der Waals surface area contributed by atoms with Crippen LogP contribution in [0.4, 0.5) is 0 Å². The summed E-state index contributed by atoms with van der Waals surface area (Å²) >= 11 is 0. The smallest absolute Gasteiger partial charge is 0.0569 e. The molecule has 1 rings (SSSR count). The van der Waals surface area contributed by atoms with Crippen LogP contribution in [-0.4, -0.2) is 24.4 Å². The molecule has 78 valence electrons. The lowest BCUT2D eigenvalue weighted by Crippen LogP contribution is -2.23. The third-order valence-corrected chi connectivity index (χ3v) is 3.16. The molecule has 1 aliphatic carbocycles. The molecule has 13 heavy (non-hydrogen) atoms. The molecular formula is C11H22O2. The van der Waals surface area contributed by atoms with Crippen LogP contribution in [0.3, 0.4) is 0 Å². The largest absolute Gasteiger partial charge is 0.393 e. The van der Waals surface area contributed by atoms with Gasteiger partial charge in [-0.1, -0.05) is 19.3 Å². The first-order valence-electron chi connectivity index (χ1n) is 5.45. The van der Waals surface area contributed by atoms with Crippen LogP contribution in [0.1, 0.15) is 45.4 Å². The molecule has 0 saturated heterocycles. The summed E-state index contributed by atoms with van der Waals surface area (Å²) in [6.07, 6.45) is 7.14. The molecule has 0 radical (unpaired) electrons. The van der Waals surface area contributed by atoms with Crippen LogP contribution in [0.15, 0.2) is 0 Å². The van der Waals surface area contributed by atoms with Gasteiger partial charge in [0.25, 0.3) is 0 Å². The number of methoxy groups -OCH3 is 1. The highest BCUT2D eigenvalue weighted by atomic mass is 16.5. The van der Waals surface area contributed by atoms with Crippen molar-refractivity contribution in [2.45, 2.75) is 57.7 Å². The second-order valence-corrected chi connectivity index (χ2v) is 4.25. The van der Waals surface area contributed by atoms with Crippen molar-refractivity contribution < 1.29 is 9.84 Å². The van der Waals surface area contributed by atoms with Crippen LogP contribution in [0, 0.1) is 5.92 Å². The number of hydrogen-bond donors (Lipinski definition) is 1. The van der Waals surface area contributed by atoms with Gasteiger partial charge >= 0.3 is 0 Å². The van der Waals surface area contributed by atoms with E-state index >= 15 is 0 Å². The third-order valence-electron chi connectivity index (χ3n) is 3.16. The average molecular weight is 186 g/mol. The summed E-state index contributed by atoms with van der Waals surface area (Å²) in [7, 11) is 1.74. The molecule has 3 atom stereocenters. The van der Waals surface area contributed by atoms with E-state index in [1.165, 1.54) is 25.7 Å². The molecule has 1 fully saturated rings. The van der Waals surface area contributed by atoms with Crippen LogP contribution < -0.4 is 0 Å². The van der Waals surface area contributed by atoms with Gasteiger partial charge in [-0.15, -0.1) is 0 Å². The van der Waals surface area contributed by atoms with Gasteiger partial charge in [-0.3, -0.25) is 0 Å². The molecule has 0 aromatic carbocycles. The Morgan fingerprint density at radius 1 is 1.31 bits per heavy atom. The standard InChI is InChI=1S/C11H22O2/c1-9(13-2)8-10-6-4-3-5-7-11(10)12/h9-12H,3-8H2,1-2H3. The van der Waals surface area contributed by atoms with Crippen LogP contribution in [0.5, 0.6) is 0 Å². The zero-order valence-corrected chi connectivity index (χ0v) is 8.83. The number of rotatable bonds is 3. The molecule has 0 spiro atoms. The lowest BCUT2D eigenvalue weighted by molar-refractivity contribution is 0.0422. The van der Waals surface area contributed by atoms with Gasteiger partial charge in [0.15, 0.2) is 0 Å². The van der Waals surface area contributed by atoms with E-state index in [9.17, 15) is 5.11 Å². The Kier molecular flexibility index (Phi) is 4.74. The van der Waals surface area contributed by atoms with Crippen LogP contribution in [0.25, 0.3) is 0 Å². The summed E-state index contributed by atoms with van der Waals surface area (Å²) in [5.41, 5.74) is 0. The maximum absolute atomic E-state index is 9.84. The topological polar surface area (TPSA) is 29.5 Å². The predicted molar refractivity (Wildman–Crippen MR) is 53.7 cm³/mol. The Hall–Kier alpha value is -0.0800. The molecule has 1 aliphatic rings. The maximum Gasteiger partial charge on any atom is 0.0569 e. The van der Waals surface area contributed by atoms with Crippen molar-refractivity contribution in [3.63, 3.8) is 0 Å². The van der Waals surface area contributed by atoms with E-state index in [-0.39, 0.29) is 12.2 Å². The minimum Gasteiger partial charge on any atom is -0.393 e. The van der Waals surface area contributed by atoms with Crippen LogP contribution >= 0.6 is 0 Å². The molecule has 0 bridgehead atoms. The fraction of sp³-hybridized carbons (Fsp3) is 1.00. The average Bonchev–Trinajstić information content (AvgIpc) is 2.32. The van der Waals surface area contributed by atoms with E-state index in [4.69, 9.17) is 4.74 Å². The second kappa shape index (κ2) is 5.61. The Morgan fingerprint density at radius 3 is 2.69 bits per heavy atom.